The fourth-order valence-corrected chi connectivity index (χ4v) is 2.22. The topological polar surface area (TPSA) is 21.3 Å². The van der Waals surface area contributed by atoms with Gasteiger partial charge in [0.1, 0.15) is 11.9 Å². The highest BCUT2D eigenvalue weighted by Crippen LogP contribution is 2.33. The lowest BCUT2D eigenvalue weighted by atomic mass is 9.82. The van der Waals surface area contributed by atoms with Gasteiger partial charge in [-0.3, -0.25) is 0 Å². The number of rotatable bonds is 4. The van der Waals surface area contributed by atoms with Gasteiger partial charge in [-0.25, -0.2) is 0 Å². The normalized spacial score (nSPS) is 16.7. The lowest BCUT2D eigenvalue weighted by Crippen LogP contribution is -2.50. The number of hydrogen-bond acceptors (Lipinski definition) is 2. The van der Waals surface area contributed by atoms with Crippen molar-refractivity contribution in [3.05, 3.63) is 28.2 Å². The third kappa shape index (κ3) is 2.83. The van der Waals surface area contributed by atoms with Crippen molar-refractivity contribution in [2.75, 3.05) is 13.1 Å². The Bertz CT molecular complexity index is 399. The van der Waals surface area contributed by atoms with E-state index in [9.17, 15) is 0 Å². The summed E-state index contributed by atoms with van der Waals surface area (Å²) in [5, 5.41) is 3.21. The molecule has 94 valence electrons. The molecule has 0 aliphatic carbocycles. The fourth-order valence-electron chi connectivity index (χ4n) is 1.75. The van der Waals surface area contributed by atoms with Crippen molar-refractivity contribution in [1.29, 1.82) is 0 Å². The molecule has 2 nitrogen and oxygen atoms in total. The summed E-state index contributed by atoms with van der Waals surface area (Å²) in [7, 11) is 0. The number of benzene rings is 1. The van der Waals surface area contributed by atoms with Crippen LogP contribution < -0.4 is 10.1 Å². The Morgan fingerprint density at radius 3 is 2.59 bits per heavy atom. The molecule has 3 heteroatoms. The first kappa shape index (κ1) is 12.9. The van der Waals surface area contributed by atoms with Crippen LogP contribution in [0.15, 0.2) is 22.7 Å². The summed E-state index contributed by atoms with van der Waals surface area (Å²) in [6.45, 7) is 8.66. The molecule has 0 unspecified atom stereocenters. The largest absolute Gasteiger partial charge is 0.487 e. The van der Waals surface area contributed by atoms with Gasteiger partial charge in [-0.1, -0.05) is 26.8 Å². The first-order valence-electron chi connectivity index (χ1n) is 6.20. The lowest BCUT2D eigenvalue weighted by molar-refractivity contribution is 0.141. The minimum atomic E-state index is 0.221. The van der Waals surface area contributed by atoms with Crippen molar-refractivity contribution in [2.45, 2.75) is 38.7 Å². The summed E-state index contributed by atoms with van der Waals surface area (Å²) in [4.78, 5) is 0. The highest BCUT2D eigenvalue weighted by atomic mass is 79.9. The van der Waals surface area contributed by atoms with Crippen LogP contribution in [-0.2, 0) is 5.41 Å². The van der Waals surface area contributed by atoms with Gasteiger partial charge in [0, 0.05) is 13.1 Å². The molecule has 0 spiro atoms. The fraction of sp³-hybridized carbons (Fsp3) is 0.571. The van der Waals surface area contributed by atoms with Crippen LogP contribution in [0.1, 0.15) is 32.8 Å². The molecule has 1 saturated heterocycles. The summed E-state index contributed by atoms with van der Waals surface area (Å²) >= 11 is 3.61. The Labute approximate surface area is 112 Å². The van der Waals surface area contributed by atoms with E-state index in [2.05, 4.69) is 60.2 Å². The van der Waals surface area contributed by atoms with Crippen LogP contribution in [0.25, 0.3) is 0 Å². The molecular weight excluding hydrogens is 278 g/mol. The Kier molecular flexibility index (Phi) is 3.79. The zero-order chi connectivity index (χ0) is 12.5. The highest BCUT2D eigenvalue weighted by molar-refractivity contribution is 9.10. The zero-order valence-electron chi connectivity index (χ0n) is 10.7. The molecule has 0 aromatic heterocycles. The summed E-state index contributed by atoms with van der Waals surface area (Å²) < 4.78 is 6.93. The summed E-state index contributed by atoms with van der Waals surface area (Å²) in [5.74, 6) is 0.951. The van der Waals surface area contributed by atoms with Crippen molar-refractivity contribution in [3.63, 3.8) is 0 Å². The highest BCUT2D eigenvalue weighted by Gasteiger charge is 2.22. The molecule has 0 amide bonds. The van der Waals surface area contributed by atoms with Crippen LogP contribution in [0.4, 0.5) is 0 Å². The van der Waals surface area contributed by atoms with E-state index in [1.807, 2.05) is 0 Å². The SMILES string of the molecule is CCC(C)(C)c1ccc(OC2CNC2)c(Br)c1. The Hall–Kier alpha value is -0.540. The van der Waals surface area contributed by atoms with Gasteiger partial charge in [-0.05, 0) is 45.5 Å². The van der Waals surface area contributed by atoms with E-state index >= 15 is 0 Å². The van der Waals surface area contributed by atoms with E-state index in [0.29, 0.717) is 6.10 Å². The van der Waals surface area contributed by atoms with Gasteiger partial charge in [0.2, 0.25) is 0 Å². The van der Waals surface area contributed by atoms with Gasteiger partial charge in [-0.2, -0.15) is 0 Å². The molecule has 0 saturated carbocycles. The summed E-state index contributed by atoms with van der Waals surface area (Å²) in [5.41, 5.74) is 1.57. The maximum absolute atomic E-state index is 5.87. The second-order valence-electron chi connectivity index (χ2n) is 5.28. The number of halogens is 1. The van der Waals surface area contributed by atoms with E-state index in [1.54, 1.807) is 0 Å². The standard InChI is InChI=1S/C14H20BrNO/c1-4-14(2,3)10-5-6-13(12(15)7-10)17-11-8-16-9-11/h5-7,11,16H,4,8-9H2,1-3H3. The van der Waals surface area contributed by atoms with Gasteiger partial charge in [0.25, 0.3) is 0 Å². The van der Waals surface area contributed by atoms with Crippen molar-refractivity contribution in [2.24, 2.45) is 0 Å². The van der Waals surface area contributed by atoms with Crippen LogP contribution in [-0.4, -0.2) is 19.2 Å². The second-order valence-corrected chi connectivity index (χ2v) is 6.14. The molecule has 1 N–H and O–H groups in total. The van der Waals surface area contributed by atoms with E-state index in [4.69, 9.17) is 4.74 Å². The van der Waals surface area contributed by atoms with Crippen molar-refractivity contribution < 1.29 is 4.74 Å². The summed E-state index contributed by atoms with van der Waals surface area (Å²) in [6, 6.07) is 6.44. The molecule has 2 rings (SSSR count). The van der Waals surface area contributed by atoms with Gasteiger partial charge in [-0.15, -0.1) is 0 Å². The average molecular weight is 298 g/mol. The first-order chi connectivity index (χ1) is 8.03. The van der Waals surface area contributed by atoms with E-state index < -0.39 is 0 Å². The van der Waals surface area contributed by atoms with E-state index in [1.165, 1.54) is 5.56 Å². The van der Waals surface area contributed by atoms with Crippen LogP contribution in [0.2, 0.25) is 0 Å². The number of nitrogens with one attached hydrogen (secondary N) is 1. The maximum Gasteiger partial charge on any atom is 0.134 e. The van der Waals surface area contributed by atoms with Gasteiger partial charge in [0.05, 0.1) is 4.47 Å². The molecule has 0 bridgehead atoms. The third-order valence-electron chi connectivity index (χ3n) is 3.63. The predicted octanol–water partition coefficient (Wildman–Crippen LogP) is 3.49. The molecule has 1 aliphatic heterocycles. The molecule has 0 radical (unpaired) electrons. The molecule has 17 heavy (non-hydrogen) atoms. The Morgan fingerprint density at radius 2 is 2.12 bits per heavy atom. The lowest BCUT2D eigenvalue weighted by Gasteiger charge is -2.29. The van der Waals surface area contributed by atoms with Gasteiger partial charge in [0.15, 0.2) is 0 Å². The smallest absolute Gasteiger partial charge is 0.134 e. The Morgan fingerprint density at radius 1 is 1.41 bits per heavy atom. The average Bonchev–Trinajstić information content (AvgIpc) is 2.25. The monoisotopic (exact) mass is 297 g/mol. The van der Waals surface area contributed by atoms with Crippen molar-refractivity contribution in [3.8, 4) is 5.75 Å². The van der Waals surface area contributed by atoms with Crippen LogP contribution in [0.5, 0.6) is 5.75 Å². The third-order valence-corrected chi connectivity index (χ3v) is 4.25. The molecule has 1 heterocycles. The van der Waals surface area contributed by atoms with Crippen molar-refractivity contribution >= 4 is 15.9 Å². The Balaban J connectivity index is 2.16. The van der Waals surface area contributed by atoms with Crippen LogP contribution in [0, 0.1) is 0 Å². The molecule has 1 aromatic rings. The minimum absolute atomic E-state index is 0.221. The number of hydrogen-bond donors (Lipinski definition) is 1. The van der Waals surface area contributed by atoms with Crippen molar-refractivity contribution in [1.82, 2.24) is 5.32 Å². The maximum atomic E-state index is 5.87. The van der Waals surface area contributed by atoms with E-state index in [-0.39, 0.29) is 5.41 Å². The van der Waals surface area contributed by atoms with Crippen LogP contribution in [0.3, 0.4) is 0 Å². The van der Waals surface area contributed by atoms with Gasteiger partial charge < -0.3 is 10.1 Å². The zero-order valence-corrected chi connectivity index (χ0v) is 12.3. The quantitative estimate of drug-likeness (QED) is 0.919. The van der Waals surface area contributed by atoms with E-state index in [0.717, 1.165) is 29.7 Å². The summed E-state index contributed by atoms with van der Waals surface area (Å²) in [6.07, 6.45) is 1.46. The van der Waals surface area contributed by atoms with Crippen LogP contribution >= 0.6 is 15.9 Å². The molecule has 1 fully saturated rings. The molecule has 0 atom stereocenters. The second kappa shape index (κ2) is 4.99. The molecule has 1 aliphatic rings. The predicted molar refractivity (Wildman–Crippen MR) is 74.7 cm³/mol. The molecule has 1 aromatic carbocycles. The first-order valence-corrected chi connectivity index (χ1v) is 6.99. The van der Waals surface area contributed by atoms with Gasteiger partial charge >= 0.3 is 0 Å². The molecular formula is C14H20BrNO. The number of ether oxygens (including phenoxy) is 1. The minimum Gasteiger partial charge on any atom is -0.487 e.